The molecule has 0 bridgehead atoms. The minimum Gasteiger partial charge on any atom is -0.469 e. The largest absolute Gasteiger partial charge is 0.469 e. The number of ether oxygens (including phenoxy) is 1. The highest BCUT2D eigenvalue weighted by molar-refractivity contribution is 14.0. The van der Waals surface area contributed by atoms with Crippen LogP contribution in [-0.4, -0.2) is 63.2 Å². The Labute approximate surface area is 176 Å². The number of nitrogens with one attached hydrogen (secondary N) is 2. The second kappa shape index (κ2) is 16.6. The molecular formula is C19H39IN4O2. The summed E-state index contributed by atoms with van der Waals surface area (Å²) < 4.78 is 4.64. The first-order valence-electron chi connectivity index (χ1n) is 9.92. The second-order valence-electron chi connectivity index (χ2n) is 6.90. The Morgan fingerprint density at radius 1 is 1.12 bits per heavy atom. The van der Waals surface area contributed by atoms with Crippen LogP contribution in [0.2, 0.25) is 0 Å². The van der Waals surface area contributed by atoms with Gasteiger partial charge in [-0.25, -0.2) is 0 Å². The highest BCUT2D eigenvalue weighted by atomic mass is 127. The lowest BCUT2D eigenvalue weighted by atomic mass is 10.0. The number of nitrogens with zero attached hydrogens (tertiary/aromatic N) is 2. The highest BCUT2D eigenvalue weighted by Gasteiger charge is 2.17. The molecule has 1 unspecified atom stereocenters. The van der Waals surface area contributed by atoms with Gasteiger partial charge in [-0.3, -0.25) is 9.79 Å². The Kier molecular flexibility index (Phi) is 16.2. The van der Waals surface area contributed by atoms with Crippen molar-refractivity contribution < 1.29 is 9.53 Å². The first-order valence-corrected chi connectivity index (χ1v) is 9.92. The van der Waals surface area contributed by atoms with E-state index in [0.717, 1.165) is 57.2 Å². The van der Waals surface area contributed by atoms with E-state index in [2.05, 4.69) is 32.2 Å². The molecule has 0 aromatic rings. The molecule has 0 radical (unpaired) electrons. The summed E-state index contributed by atoms with van der Waals surface area (Å²) in [6, 6.07) is 0.741. The summed E-state index contributed by atoms with van der Waals surface area (Å²) in [5, 5.41) is 6.76. The molecule has 2 N–H and O–H groups in total. The van der Waals surface area contributed by atoms with Gasteiger partial charge in [0.15, 0.2) is 5.96 Å². The Balaban J connectivity index is 0.00000625. The number of aliphatic imine (C=N–C) groups is 1. The fourth-order valence-electron chi connectivity index (χ4n) is 3.26. The summed E-state index contributed by atoms with van der Waals surface area (Å²) in [6.45, 7) is 6.65. The SMILES string of the molecule is CN=C(NCCCCCCC(=O)OC)NCCCN1CCCCC1C.I. The number of unbranched alkanes of at least 4 members (excludes halogenated alkanes) is 3. The number of methoxy groups -OCH3 is 1. The van der Waals surface area contributed by atoms with Crippen LogP contribution in [0, 0.1) is 0 Å². The van der Waals surface area contributed by atoms with Crippen molar-refractivity contribution >= 4 is 35.9 Å². The molecule has 0 saturated carbocycles. The molecule has 1 rings (SSSR count). The van der Waals surface area contributed by atoms with Crippen molar-refractivity contribution in [1.82, 2.24) is 15.5 Å². The van der Waals surface area contributed by atoms with E-state index in [1.807, 2.05) is 7.05 Å². The number of piperidine rings is 1. The smallest absolute Gasteiger partial charge is 0.305 e. The predicted octanol–water partition coefficient (Wildman–Crippen LogP) is 3.16. The molecule has 6 nitrogen and oxygen atoms in total. The average Bonchev–Trinajstić information content (AvgIpc) is 2.63. The predicted molar refractivity (Wildman–Crippen MR) is 119 cm³/mol. The molecule has 1 aliphatic heterocycles. The van der Waals surface area contributed by atoms with Crippen LogP contribution in [-0.2, 0) is 9.53 Å². The molecule has 154 valence electrons. The summed E-state index contributed by atoms with van der Waals surface area (Å²) in [4.78, 5) is 17.9. The van der Waals surface area contributed by atoms with Gasteiger partial charge in [-0.15, -0.1) is 24.0 Å². The zero-order valence-corrected chi connectivity index (χ0v) is 19.2. The van der Waals surface area contributed by atoms with Gasteiger partial charge in [-0.05, 0) is 45.6 Å². The van der Waals surface area contributed by atoms with Crippen LogP contribution in [0.25, 0.3) is 0 Å². The number of guanidine groups is 1. The maximum absolute atomic E-state index is 11.0. The third kappa shape index (κ3) is 11.9. The molecule has 7 heteroatoms. The van der Waals surface area contributed by atoms with Crippen molar-refractivity contribution in [3.8, 4) is 0 Å². The van der Waals surface area contributed by atoms with Crippen molar-refractivity contribution in [3.63, 3.8) is 0 Å². The van der Waals surface area contributed by atoms with Gasteiger partial charge in [0.1, 0.15) is 0 Å². The average molecular weight is 482 g/mol. The van der Waals surface area contributed by atoms with Gasteiger partial charge >= 0.3 is 5.97 Å². The summed E-state index contributed by atoms with van der Waals surface area (Å²) in [5.41, 5.74) is 0. The van der Waals surface area contributed by atoms with E-state index in [1.54, 1.807) is 0 Å². The van der Waals surface area contributed by atoms with E-state index in [0.29, 0.717) is 6.42 Å². The number of esters is 1. The number of carbonyl (C=O) groups is 1. The van der Waals surface area contributed by atoms with Gasteiger partial charge in [0.2, 0.25) is 0 Å². The molecule has 1 fully saturated rings. The monoisotopic (exact) mass is 482 g/mol. The second-order valence-corrected chi connectivity index (χ2v) is 6.90. The normalized spacial score (nSPS) is 18.1. The van der Waals surface area contributed by atoms with Gasteiger partial charge in [-0.1, -0.05) is 19.3 Å². The fraction of sp³-hybridized carbons (Fsp3) is 0.895. The van der Waals surface area contributed by atoms with Crippen molar-refractivity contribution in [2.75, 3.05) is 40.3 Å². The maximum atomic E-state index is 11.0. The Hall–Kier alpha value is -0.570. The van der Waals surface area contributed by atoms with Gasteiger partial charge in [0.05, 0.1) is 7.11 Å². The third-order valence-electron chi connectivity index (χ3n) is 4.91. The lowest BCUT2D eigenvalue weighted by Crippen LogP contribution is -2.41. The fourth-order valence-corrected chi connectivity index (χ4v) is 3.26. The minimum absolute atomic E-state index is 0. The molecule has 26 heavy (non-hydrogen) atoms. The van der Waals surface area contributed by atoms with Crippen LogP contribution < -0.4 is 10.6 Å². The first-order chi connectivity index (χ1) is 12.2. The summed E-state index contributed by atoms with van der Waals surface area (Å²) in [7, 11) is 3.26. The molecule has 0 aliphatic carbocycles. The van der Waals surface area contributed by atoms with Crippen molar-refractivity contribution in [2.24, 2.45) is 4.99 Å². The van der Waals surface area contributed by atoms with Gasteiger partial charge < -0.3 is 20.3 Å². The van der Waals surface area contributed by atoms with Gasteiger partial charge in [0, 0.05) is 39.1 Å². The number of halogens is 1. The zero-order chi connectivity index (χ0) is 18.3. The lowest BCUT2D eigenvalue weighted by molar-refractivity contribution is -0.140. The number of hydrogen-bond acceptors (Lipinski definition) is 4. The molecule has 0 amide bonds. The standard InChI is InChI=1S/C19H38N4O2.HI/c1-17-11-7-9-15-23(17)16-10-14-22-19(20-2)21-13-8-5-4-6-12-18(24)25-3;/h17H,4-16H2,1-3H3,(H2,20,21,22);1H. The van der Waals surface area contributed by atoms with Crippen molar-refractivity contribution in [1.29, 1.82) is 0 Å². The summed E-state index contributed by atoms with van der Waals surface area (Å²) >= 11 is 0. The third-order valence-corrected chi connectivity index (χ3v) is 4.91. The van der Waals surface area contributed by atoms with E-state index >= 15 is 0 Å². The Bertz CT molecular complexity index is 394. The summed E-state index contributed by atoms with van der Waals surface area (Å²) in [5.74, 6) is 0.780. The molecule has 0 aromatic heterocycles. The number of likely N-dealkylation sites (tertiary alicyclic amines) is 1. The maximum Gasteiger partial charge on any atom is 0.305 e. The quantitative estimate of drug-likeness (QED) is 0.156. The van der Waals surface area contributed by atoms with E-state index in [1.165, 1.54) is 39.5 Å². The van der Waals surface area contributed by atoms with Gasteiger partial charge in [-0.2, -0.15) is 0 Å². The molecule has 1 saturated heterocycles. The number of carbonyl (C=O) groups excluding carboxylic acids is 1. The minimum atomic E-state index is -0.110. The van der Waals surface area contributed by atoms with Crippen LogP contribution in [0.3, 0.4) is 0 Å². The van der Waals surface area contributed by atoms with Crippen LogP contribution >= 0.6 is 24.0 Å². The molecule has 1 heterocycles. The van der Waals surface area contributed by atoms with E-state index in [4.69, 9.17) is 0 Å². The Morgan fingerprint density at radius 2 is 1.81 bits per heavy atom. The van der Waals surface area contributed by atoms with Crippen molar-refractivity contribution in [3.05, 3.63) is 0 Å². The molecule has 0 aromatic carbocycles. The Morgan fingerprint density at radius 3 is 2.46 bits per heavy atom. The van der Waals surface area contributed by atoms with E-state index < -0.39 is 0 Å². The highest BCUT2D eigenvalue weighted by Crippen LogP contribution is 2.15. The van der Waals surface area contributed by atoms with Crippen LogP contribution in [0.1, 0.15) is 64.7 Å². The summed E-state index contributed by atoms with van der Waals surface area (Å²) in [6.07, 6.45) is 9.94. The molecule has 1 atom stereocenters. The topological polar surface area (TPSA) is 66.0 Å². The van der Waals surface area contributed by atoms with Crippen LogP contribution in [0.4, 0.5) is 0 Å². The number of hydrogen-bond donors (Lipinski definition) is 2. The van der Waals surface area contributed by atoms with E-state index in [9.17, 15) is 4.79 Å². The lowest BCUT2D eigenvalue weighted by Gasteiger charge is -2.33. The zero-order valence-electron chi connectivity index (χ0n) is 16.9. The van der Waals surface area contributed by atoms with Crippen LogP contribution in [0.5, 0.6) is 0 Å². The molecule has 0 spiro atoms. The molecular weight excluding hydrogens is 443 g/mol. The van der Waals surface area contributed by atoms with Crippen molar-refractivity contribution in [2.45, 2.75) is 70.8 Å². The van der Waals surface area contributed by atoms with Crippen LogP contribution in [0.15, 0.2) is 4.99 Å². The van der Waals surface area contributed by atoms with Gasteiger partial charge in [0.25, 0.3) is 0 Å². The molecule has 1 aliphatic rings. The number of rotatable bonds is 11. The first kappa shape index (κ1) is 25.4. The van der Waals surface area contributed by atoms with E-state index in [-0.39, 0.29) is 29.9 Å².